The largest absolute Gasteiger partial charge is 0.489 e. The zero-order valence-electron chi connectivity index (χ0n) is 14.4. The van der Waals surface area contributed by atoms with Gasteiger partial charge in [-0.15, -0.1) is 0 Å². The number of nitrogens with one attached hydrogen (secondary N) is 1. The van der Waals surface area contributed by atoms with Crippen molar-refractivity contribution in [3.8, 4) is 5.75 Å². The Hall–Kier alpha value is -3.42. The lowest BCUT2D eigenvalue weighted by Gasteiger charge is -2.07. The van der Waals surface area contributed by atoms with Gasteiger partial charge in [-0.3, -0.25) is 5.43 Å². The molecule has 0 saturated heterocycles. The van der Waals surface area contributed by atoms with E-state index in [0.29, 0.717) is 5.75 Å². The Kier molecular flexibility index (Phi) is 5.88. The van der Waals surface area contributed by atoms with Crippen LogP contribution < -0.4 is 10.2 Å². The molecule has 0 atom stereocenters. The van der Waals surface area contributed by atoms with Gasteiger partial charge in [-0.25, -0.2) is 9.37 Å². The van der Waals surface area contributed by atoms with E-state index in [-0.39, 0.29) is 18.2 Å². The normalized spacial score (nSPS) is 11.6. The second-order valence-corrected chi connectivity index (χ2v) is 5.79. The zero-order chi connectivity index (χ0) is 20.0. The van der Waals surface area contributed by atoms with Gasteiger partial charge in [-0.1, -0.05) is 12.1 Å². The monoisotopic (exact) mass is 389 g/mol. The maximum Gasteiger partial charge on any atom is 0.417 e. The van der Waals surface area contributed by atoms with Crippen LogP contribution in [0.1, 0.15) is 16.7 Å². The van der Waals surface area contributed by atoms with Crippen molar-refractivity contribution in [2.75, 3.05) is 5.43 Å². The molecular weight excluding hydrogens is 374 g/mol. The maximum atomic E-state index is 13.1. The first-order valence-corrected chi connectivity index (χ1v) is 8.20. The molecule has 28 heavy (non-hydrogen) atoms. The summed E-state index contributed by atoms with van der Waals surface area (Å²) in [7, 11) is 0. The van der Waals surface area contributed by atoms with Gasteiger partial charge in [0, 0.05) is 6.20 Å². The maximum absolute atomic E-state index is 13.1. The van der Waals surface area contributed by atoms with Crippen molar-refractivity contribution < 1.29 is 22.3 Å². The van der Waals surface area contributed by atoms with Crippen molar-refractivity contribution >= 4 is 12.0 Å². The molecule has 1 N–H and O–H groups in total. The second-order valence-electron chi connectivity index (χ2n) is 5.79. The minimum atomic E-state index is -4.42. The van der Waals surface area contributed by atoms with Crippen LogP contribution in [0.15, 0.2) is 72.0 Å². The van der Waals surface area contributed by atoms with Gasteiger partial charge in [0.2, 0.25) is 0 Å². The number of hydrogen-bond donors (Lipinski definition) is 1. The molecule has 3 aromatic rings. The SMILES string of the molecule is Fc1cccc(COc2ccc(/C=N\Nc3ccc(C(F)(F)F)cn3)cc2)c1. The number of pyridine rings is 1. The van der Waals surface area contributed by atoms with Crippen LogP contribution in [0, 0.1) is 5.82 Å². The van der Waals surface area contributed by atoms with E-state index in [1.165, 1.54) is 24.4 Å². The molecule has 1 aromatic heterocycles. The Bertz CT molecular complexity index is 939. The molecular formula is C20H15F4N3O. The van der Waals surface area contributed by atoms with Crippen molar-refractivity contribution in [2.45, 2.75) is 12.8 Å². The quantitative estimate of drug-likeness (QED) is 0.355. The van der Waals surface area contributed by atoms with Crippen LogP contribution in [0.25, 0.3) is 0 Å². The minimum Gasteiger partial charge on any atom is -0.489 e. The molecule has 0 fully saturated rings. The second kappa shape index (κ2) is 8.51. The summed E-state index contributed by atoms with van der Waals surface area (Å²) >= 11 is 0. The topological polar surface area (TPSA) is 46.5 Å². The predicted octanol–water partition coefficient (Wildman–Crippen LogP) is 5.26. The van der Waals surface area contributed by atoms with Crippen molar-refractivity contribution in [2.24, 2.45) is 5.10 Å². The minimum absolute atomic E-state index is 0.194. The smallest absolute Gasteiger partial charge is 0.417 e. The van der Waals surface area contributed by atoms with Gasteiger partial charge in [-0.2, -0.15) is 18.3 Å². The molecule has 8 heteroatoms. The molecule has 0 aliphatic carbocycles. The van der Waals surface area contributed by atoms with Crippen LogP contribution in [-0.4, -0.2) is 11.2 Å². The Balaban J connectivity index is 1.52. The number of hydrazone groups is 1. The van der Waals surface area contributed by atoms with Crippen LogP contribution in [-0.2, 0) is 12.8 Å². The molecule has 144 valence electrons. The Morgan fingerprint density at radius 2 is 1.82 bits per heavy atom. The van der Waals surface area contributed by atoms with Crippen molar-refractivity contribution in [3.05, 3.63) is 89.4 Å². The summed E-state index contributed by atoms with van der Waals surface area (Å²) in [5.74, 6) is 0.487. The van der Waals surface area contributed by atoms with Crippen LogP contribution in [0.5, 0.6) is 5.75 Å². The third kappa shape index (κ3) is 5.54. The summed E-state index contributed by atoms with van der Waals surface area (Å²) in [4.78, 5) is 3.66. The molecule has 0 amide bonds. The van der Waals surface area contributed by atoms with E-state index >= 15 is 0 Å². The van der Waals surface area contributed by atoms with E-state index in [2.05, 4.69) is 15.5 Å². The summed E-state index contributed by atoms with van der Waals surface area (Å²) in [6.07, 6.45) is -2.19. The molecule has 2 aromatic carbocycles. The number of ether oxygens (including phenoxy) is 1. The summed E-state index contributed by atoms with van der Waals surface area (Å²) in [6.45, 7) is 0.242. The van der Waals surface area contributed by atoms with Crippen LogP contribution >= 0.6 is 0 Å². The number of hydrogen-bond acceptors (Lipinski definition) is 4. The summed E-state index contributed by atoms with van der Waals surface area (Å²) in [5.41, 5.74) is 3.21. The lowest BCUT2D eigenvalue weighted by molar-refractivity contribution is -0.137. The molecule has 0 unspecified atom stereocenters. The van der Waals surface area contributed by atoms with E-state index in [1.54, 1.807) is 36.4 Å². The van der Waals surface area contributed by atoms with E-state index in [4.69, 9.17) is 4.74 Å². The number of rotatable bonds is 6. The average Bonchev–Trinajstić information content (AvgIpc) is 2.67. The highest BCUT2D eigenvalue weighted by atomic mass is 19.4. The molecule has 0 bridgehead atoms. The number of anilines is 1. The summed E-state index contributed by atoms with van der Waals surface area (Å²) in [5, 5.41) is 3.94. The van der Waals surface area contributed by atoms with Crippen LogP contribution in [0.3, 0.4) is 0 Å². The highest BCUT2D eigenvalue weighted by Crippen LogP contribution is 2.28. The van der Waals surface area contributed by atoms with Gasteiger partial charge in [0.05, 0.1) is 11.8 Å². The third-order valence-electron chi connectivity index (χ3n) is 3.66. The number of benzene rings is 2. The van der Waals surface area contributed by atoms with Crippen LogP contribution in [0.4, 0.5) is 23.4 Å². The standard InChI is InChI=1S/C20H15F4N3O/c21-17-3-1-2-15(10-17)13-28-18-7-4-14(5-8-18)11-26-27-19-9-6-16(12-25-19)20(22,23)24/h1-12H,13H2,(H,25,27)/b26-11-. The first kappa shape index (κ1) is 19.3. The molecule has 0 aliphatic heterocycles. The Morgan fingerprint density at radius 3 is 2.46 bits per heavy atom. The summed E-state index contributed by atoms with van der Waals surface area (Å²) in [6, 6.07) is 15.3. The molecule has 4 nitrogen and oxygen atoms in total. The van der Waals surface area contributed by atoms with E-state index in [1.807, 2.05) is 0 Å². The molecule has 0 aliphatic rings. The van der Waals surface area contributed by atoms with Crippen molar-refractivity contribution in [1.82, 2.24) is 4.98 Å². The fourth-order valence-corrected chi connectivity index (χ4v) is 2.24. The molecule has 3 rings (SSSR count). The predicted molar refractivity (Wildman–Crippen MR) is 97.6 cm³/mol. The van der Waals surface area contributed by atoms with Gasteiger partial charge in [0.1, 0.15) is 24.0 Å². The number of halogens is 4. The van der Waals surface area contributed by atoms with Crippen LogP contribution in [0.2, 0.25) is 0 Å². The molecule has 0 radical (unpaired) electrons. The fraction of sp³-hybridized carbons (Fsp3) is 0.100. The van der Waals surface area contributed by atoms with Gasteiger partial charge in [-0.05, 0) is 59.7 Å². The first-order valence-electron chi connectivity index (χ1n) is 8.20. The Morgan fingerprint density at radius 1 is 1.04 bits per heavy atom. The van der Waals surface area contributed by atoms with Gasteiger partial charge >= 0.3 is 6.18 Å². The lowest BCUT2D eigenvalue weighted by atomic mass is 10.2. The van der Waals surface area contributed by atoms with E-state index < -0.39 is 11.7 Å². The molecule has 0 saturated carbocycles. The van der Waals surface area contributed by atoms with E-state index in [0.717, 1.165) is 23.4 Å². The molecule has 1 heterocycles. The fourth-order valence-electron chi connectivity index (χ4n) is 2.24. The highest BCUT2D eigenvalue weighted by molar-refractivity contribution is 5.80. The van der Waals surface area contributed by atoms with Crippen molar-refractivity contribution in [3.63, 3.8) is 0 Å². The highest BCUT2D eigenvalue weighted by Gasteiger charge is 2.30. The summed E-state index contributed by atoms with van der Waals surface area (Å²) < 4.78 is 56.1. The van der Waals surface area contributed by atoms with Gasteiger partial charge in [0.15, 0.2) is 0 Å². The first-order chi connectivity index (χ1) is 13.4. The number of nitrogens with zero attached hydrogens (tertiary/aromatic N) is 2. The average molecular weight is 389 g/mol. The number of aromatic nitrogens is 1. The molecule has 0 spiro atoms. The van der Waals surface area contributed by atoms with Gasteiger partial charge < -0.3 is 4.74 Å². The lowest BCUT2D eigenvalue weighted by Crippen LogP contribution is -2.05. The zero-order valence-corrected chi connectivity index (χ0v) is 14.4. The van der Waals surface area contributed by atoms with E-state index in [9.17, 15) is 17.6 Å². The van der Waals surface area contributed by atoms with Crippen molar-refractivity contribution in [1.29, 1.82) is 0 Å². The van der Waals surface area contributed by atoms with Gasteiger partial charge in [0.25, 0.3) is 0 Å². The Labute approximate surface area is 158 Å². The number of alkyl halides is 3. The third-order valence-corrected chi connectivity index (χ3v) is 3.66.